The number of hydrogen-bond acceptors (Lipinski definition) is 2. The van der Waals surface area contributed by atoms with Crippen LogP contribution in [0, 0.1) is 6.92 Å². The molecule has 0 spiro atoms. The van der Waals surface area contributed by atoms with E-state index >= 15 is 0 Å². The molecule has 3 heteroatoms. The van der Waals surface area contributed by atoms with Crippen molar-refractivity contribution in [3.05, 3.63) is 47.8 Å². The molecule has 16 heavy (non-hydrogen) atoms. The lowest BCUT2D eigenvalue weighted by molar-refractivity contribution is 0.824. The molecule has 0 fully saturated rings. The van der Waals surface area contributed by atoms with Crippen molar-refractivity contribution in [2.24, 2.45) is 5.73 Å². The fourth-order valence-electron chi connectivity index (χ4n) is 1.82. The van der Waals surface area contributed by atoms with Gasteiger partial charge in [-0.15, -0.1) is 0 Å². The molecule has 2 rings (SSSR count). The lowest BCUT2D eigenvalue weighted by Gasteiger charge is -2.08. The summed E-state index contributed by atoms with van der Waals surface area (Å²) in [5, 5.41) is 4.22. The lowest BCUT2D eigenvalue weighted by atomic mass is 10.0. The van der Waals surface area contributed by atoms with Gasteiger partial charge < -0.3 is 5.73 Å². The highest BCUT2D eigenvalue weighted by Gasteiger charge is 2.01. The van der Waals surface area contributed by atoms with E-state index in [0.717, 1.165) is 25.1 Å². The molecule has 0 aliphatic carbocycles. The molecular formula is C13H17N3. The molecule has 0 saturated heterocycles. The molecule has 84 valence electrons. The van der Waals surface area contributed by atoms with Gasteiger partial charge in [0.15, 0.2) is 0 Å². The minimum Gasteiger partial charge on any atom is -0.330 e. The van der Waals surface area contributed by atoms with Gasteiger partial charge in [-0.05, 0) is 55.6 Å². The molecule has 0 atom stereocenters. The third kappa shape index (κ3) is 2.31. The van der Waals surface area contributed by atoms with Crippen molar-refractivity contribution in [1.82, 2.24) is 9.78 Å². The Kier molecular flexibility index (Phi) is 3.37. The molecule has 2 N–H and O–H groups in total. The van der Waals surface area contributed by atoms with Crippen LogP contribution in [0.4, 0.5) is 0 Å². The molecule has 1 heterocycles. The first-order chi connectivity index (χ1) is 7.81. The average molecular weight is 215 g/mol. The second-order valence-electron chi connectivity index (χ2n) is 3.95. The zero-order valence-electron chi connectivity index (χ0n) is 9.56. The van der Waals surface area contributed by atoms with Crippen molar-refractivity contribution < 1.29 is 0 Å². The van der Waals surface area contributed by atoms with E-state index in [4.69, 9.17) is 5.73 Å². The molecule has 1 aromatic heterocycles. The van der Waals surface area contributed by atoms with E-state index in [1.54, 1.807) is 6.20 Å². The van der Waals surface area contributed by atoms with E-state index < -0.39 is 0 Å². The summed E-state index contributed by atoms with van der Waals surface area (Å²) in [6, 6.07) is 8.37. The number of benzene rings is 1. The summed E-state index contributed by atoms with van der Waals surface area (Å²) in [6.07, 6.45) is 5.84. The smallest absolute Gasteiger partial charge is 0.0648 e. The molecule has 0 bridgehead atoms. The predicted octanol–water partition coefficient (Wildman–Crippen LogP) is 2.07. The second-order valence-corrected chi connectivity index (χ2v) is 3.95. The maximum atomic E-state index is 5.52. The van der Waals surface area contributed by atoms with Crippen LogP contribution in [-0.4, -0.2) is 16.3 Å². The molecule has 2 aromatic rings. The fourth-order valence-corrected chi connectivity index (χ4v) is 1.82. The quantitative estimate of drug-likeness (QED) is 0.848. The number of aromatic nitrogens is 2. The van der Waals surface area contributed by atoms with E-state index in [2.05, 4.69) is 30.2 Å². The van der Waals surface area contributed by atoms with Crippen molar-refractivity contribution in [2.45, 2.75) is 19.8 Å². The first-order valence-corrected chi connectivity index (χ1v) is 5.61. The van der Waals surface area contributed by atoms with Crippen LogP contribution in [0.2, 0.25) is 0 Å². The van der Waals surface area contributed by atoms with Crippen LogP contribution in [0.25, 0.3) is 5.69 Å². The molecule has 0 aliphatic heterocycles. The predicted molar refractivity (Wildman–Crippen MR) is 65.7 cm³/mol. The summed E-state index contributed by atoms with van der Waals surface area (Å²) in [4.78, 5) is 0. The van der Waals surface area contributed by atoms with Crippen LogP contribution in [0.3, 0.4) is 0 Å². The lowest BCUT2D eigenvalue weighted by Crippen LogP contribution is -2.02. The van der Waals surface area contributed by atoms with Crippen LogP contribution in [0.5, 0.6) is 0 Å². The van der Waals surface area contributed by atoms with Crippen molar-refractivity contribution in [3.8, 4) is 5.69 Å². The van der Waals surface area contributed by atoms with Gasteiger partial charge in [-0.3, -0.25) is 0 Å². The highest BCUT2D eigenvalue weighted by molar-refractivity contribution is 5.39. The monoisotopic (exact) mass is 215 g/mol. The van der Waals surface area contributed by atoms with Crippen LogP contribution in [0.1, 0.15) is 17.5 Å². The number of nitrogens with zero attached hydrogens (tertiary/aromatic N) is 2. The Morgan fingerprint density at radius 1 is 1.38 bits per heavy atom. The number of hydrogen-bond donors (Lipinski definition) is 1. The van der Waals surface area contributed by atoms with Crippen molar-refractivity contribution >= 4 is 0 Å². The molecule has 1 aromatic carbocycles. The Hall–Kier alpha value is -1.61. The Bertz CT molecular complexity index is 446. The van der Waals surface area contributed by atoms with E-state index in [1.807, 2.05) is 16.9 Å². The SMILES string of the molecule is Cc1cc(-n2cccn2)ccc1CCCN. The largest absolute Gasteiger partial charge is 0.330 e. The molecule has 0 radical (unpaired) electrons. The summed E-state index contributed by atoms with van der Waals surface area (Å²) in [7, 11) is 0. The van der Waals surface area contributed by atoms with Gasteiger partial charge in [-0.25, -0.2) is 4.68 Å². The normalized spacial score (nSPS) is 10.6. The Labute approximate surface area is 95.9 Å². The number of aryl methyl sites for hydroxylation is 2. The maximum Gasteiger partial charge on any atom is 0.0648 e. The first kappa shape index (κ1) is 10.9. The maximum absolute atomic E-state index is 5.52. The topological polar surface area (TPSA) is 43.8 Å². The van der Waals surface area contributed by atoms with Crippen molar-refractivity contribution in [3.63, 3.8) is 0 Å². The van der Waals surface area contributed by atoms with Gasteiger partial charge in [0.1, 0.15) is 0 Å². The zero-order valence-corrected chi connectivity index (χ0v) is 9.56. The summed E-state index contributed by atoms with van der Waals surface area (Å²) in [6.45, 7) is 2.89. The average Bonchev–Trinajstić information content (AvgIpc) is 2.81. The van der Waals surface area contributed by atoms with Gasteiger partial charge in [-0.2, -0.15) is 5.10 Å². The third-order valence-corrected chi connectivity index (χ3v) is 2.75. The molecule has 0 aliphatic rings. The molecule has 0 unspecified atom stereocenters. The molecule has 0 amide bonds. The minimum absolute atomic E-state index is 0.750. The zero-order chi connectivity index (χ0) is 11.4. The van der Waals surface area contributed by atoms with Crippen LogP contribution < -0.4 is 5.73 Å². The molecule has 0 saturated carbocycles. The second kappa shape index (κ2) is 4.94. The van der Waals surface area contributed by atoms with Crippen molar-refractivity contribution in [1.29, 1.82) is 0 Å². The number of nitrogens with two attached hydrogens (primary N) is 1. The first-order valence-electron chi connectivity index (χ1n) is 5.61. The minimum atomic E-state index is 0.750. The van der Waals surface area contributed by atoms with Crippen molar-refractivity contribution in [2.75, 3.05) is 6.54 Å². The molecule has 3 nitrogen and oxygen atoms in total. The molecular weight excluding hydrogens is 198 g/mol. The van der Waals surface area contributed by atoms with Gasteiger partial charge in [0.2, 0.25) is 0 Å². The standard InChI is InChI=1S/C13H17N3/c1-11-10-13(16-9-3-8-15-16)6-5-12(11)4-2-7-14/h3,5-6,8-10H,2,4,7,14H2,1H3. The van der Waals surface area contributed by atoms with Gasteiger partial charge >= 0.3 is 0 Å². The van der Waals surface area contributed by atoms with Gasteiger partial charge in [0, 0.05) is 12.4 Å². The summed E-state index contributed by atoms with van der Waals surface area (Å²) >= 11 is 0. The Morgan fingerprint density at radius 3 is 2.88 bits per heavy atom. The van der Waals surface area contributed by atoms with Gasteiger partial charge in [0.05, 0.1) is 5.69 Å². The third-order valence-electron chi connectivity index (χ3n) is 2.75. The van der Waals surface area contributed by atoms with E-state index in [-0.39, 0.29) is 0 Å². The van der Waals surface area contributed by atoms with Gasteiger partial charge in [0.25, 0.3) is 0 Å². The highest BCUT2D eigenvalue weighted by Crippen LogP contribution is 2.15. The number of rotatable bonds is 4. The van der Waals surface area contributed by atoms with E-state index in [0.29, 0.717) is 0 Å². The van der Waals surface area contributed by atoms with E-state index in [9.17, 15) is 0 Å². The summed E-state index contributed by atoms with van der Waals surface area (Å²) in [5.74, 6) is 0. The summed E-state index contributed by atoms with van der Waals surface area (Å²) in [5.41, 5.74) is 9.31. The Balaban J connectivity index is 2.23. The fraction of sp³-hybridized carbons (Fsp3) is 0.308. The Morgan fingerprint density at radius 2 is 2.25 bits per heavy atom. The van der Waals surface area contributed by atoms with Crippen LogP contribution >= 0.6 is 0 Å². The van der Waals surface area contributed by atoms with Crippen LogP contribution in [-0.2, 0) is 6.42 Å². The highest BCUT2D eigenvalue weighted by atomic mass is 15.3. The van der Waals surface area contributed by atoms with Gasteiger partial charge in [-0.1, -0.05) is 6.07 Å². The van der Waals surface area contributed by atoms with Crippen LogP contribution in [0.15, 0.2) is 36.7 Å². The van der Waals surface area contributed by atoms with E-state index in [1.165, 1.54) is 11.1 Å². The summed E-state index contributed by atoms with van der Waals surface area (Å²) < 4.78 is 1.87.